The quantitative estimate of drug-likeness (QED) is 0.510. The number of aromatic nitrogens is 2. The molecular weight excluding hydrogens is 395 g/mol. The molecule has 0 aliphatic carbocycles. The number of halogens is 1. The van der Waals surface area contributed by atoms with Gasteiger partial charge in [-0.3, -0.25) is 14.7 Å². The molecule has 0 bridgehead atoms. The van der Waals surface area contributed by atoms with E-state index in [2.05, 4.69) is 16.4 Å². The minimum atomic E-state index is -1.37. The van der Waals surface area contributed by atoms with Crippen LogP contribution in [0.3, 0.4) is 0 Å². The van der Waals surface area contributed by atoms with Crippen molar-refractivity contribution < 1.29 is 14.3 Å². The van der Waals surface area contributed by atoms with E-state index in [0.29, 0.717) is 27.8 Å². The first-order valence-corrected chi connectivity index (χ1v) is 9.64. The number of carbonyl (C=O) groups excluding carboxylic acids is 1. The monoisotopic (exact) mass is 414 g/mol. The van der Waals surface area contributed by atoms with Crippen molar-refractivity contribution >= 4 is 22.9 Å². The first-order chi connectivity index (χ1) is 14.9. The van der Waals surface area contributed by atoms with Crippen LogP contribution >= 0.6 is 0 Å². The fraction of sp³-hybridized carbons (Fsp3) is 0.125. The van der Waals surface area contributed by atoms with Crippen LogP contribution in [-0.4, -0.2) is 20.6 Å². The first-order valence-electron chi connectivity index (χ1n) is 9.64. The number of carbonyl (C=O) groups is 1. The van der Waals surface area contributed by atoms with Crippen molar-refractivity contribution in [2.45, 2.75) is 18.9 Å². The summed E-state index contributed by atoms with van der Waals surface area (Å²) in [6, 6.07) is 21.7. The normalized spacial score (nSPS) is 12.8. The van der Waals surface area contributed by atoms with Crippen molar-refractivity contribution in [3.05, 3.63) is 89.7 Å². The van der Waals surface area contributed by atoms with Gasteiger partial charge in [-0.2, -0.15) is 5.26 Å². The van der Waals surface area contributed by atoms with Gasteiger partial charge in [0.25, 0.3) is 0 Å². The Hall–Kier alpha value is -4.02. The predicted molar refractivity (Wildman–Crippen MR) is 115 cm³/mol. The van der Waals surface area contributed by atoms with Gasteiger partial charge in [-0.15, -0.1) is 0 Å². The Morgan fingerprint density at radius 2 is 1.87 bits per heavy atom. The molecule has 0 saturated heterocycles. The van der Waals surface area contributed by atoms with E-state index in [0.717, 1.165) is 0 Å². The van der Waals surface area contributed by atoms with Crippen molar-refractivity contribution in [2.24, 2.45) is 0 Å². The highest BCUT2D eigenvalue weighted by molar-refractivity contribution is 5.93. The minimum absolute atomic E-state index is 0.187. The number of rotatable bonds is 5. The zero-order valence-electron chi connectivity index (χ0n) is 16.7. The molecule has 2 N–H and O–H groups in total. The van der Waals surface area contributed by atoms with Crippen LogP contribution in [0.2, 0.25) is 0 Å². The summed E-state index contributed by atoms with van der Waals surface area (Å²) in [5, 5.41) is 22.8. The summed E-state index contributed by atoms with van der Waals surface area (Å²) in [7, 11) is 0. The zero-order chi connectivity index (χ0) is 22.0. The maximum absolute atomic E-state index is 13.5. The summed E-state index contributed by atoms with van der Waals surface area (Å²) in [6.07, 6.45) is -0.187. The maximum Gasteiger partial charge on any atom is 0.229 e. The number of aliphatic hydroxyl groups is 1. The molecule has 1 atom stereocenters. The van der Waals surface area contributed by atoms with Crippen molar-refractivity contribution in [3.63, 3.8) is 0 Å². The number of nitrogens with zero attached hydrogens (tertiary/aromatic N) is 3. The molecule has 1 amide bonds. The van der Waals surface area contributed by atoms with E-state index < -0.39 is 17.3 Å². The Morgan fingerprint density at radius 1 is 1.16 bits per heavy atom. The highest BCUT2D eigenvalue weighted by atomic mass is 19.1. The van der Waals surface area contributed by atoms with Crippen molar-refractivity contribution in [1.82, 2.24) is 9.55 Å². The number of fused-ring (bicyclic) bond motifs is 1. The molecule has 1 aromatic heterocycles. The minimum Gasteiger partial charge on any atom is -0.385 e. The summed E-state index contributed by atoms with van der Waals surface area (Å²) < 4.78 is 15.1. The lowest BCUT2D eigenvalue weighted by Gasteiger charge is -2.23. The topological polar surface area (TPSA) is 90.9 Å². The summed E-state index contributed by atoms with van der Waals surface area (Å²) in [6.45, 7) is 1.57. The van der Waals surface area contributed by atoms with Crippen LogP contribution in [0.15, 0.2) is 72.8 Å². The van der Waals surface area contributed by atoms with E-state index in [-0.39, 0.29) is 12.4 Å². The lowest BCUT2D eigenvalue weighted by atomic mass is 9.92. The number of anilines is 1. The van der Waals surface area contributed by atoms with E-state index >= 15 is 0 Å². The second-order valence-electron chi connectivity index (χ2n) is 7.43. The Labute approximate surface area is 178 Å². The van der Waals surface area contributed by atoms with Crippen LogP contribution in [0, 0.1) is 17.1 Å². The molecule has 0 aliphatic heterocycles. The van der Waals surface area contributed by atoms with Crippen LogP contribution in [0.4, 0.5) is 10.3 Å². The molecule has 0 unspecified atom stereocenters. The molecule has 6 nitrogen and oxygen atoms in total. The average Bonchev–Trinajstić information content (AvgIpc) is 3.11. The van der Waals surface area contributed by atoms with Crippen LogP contribution in [0.5, 0.6) is 0 Å². The molecular formula is C24H19FN4O2. The van der Waals surface area contributed by atoms with Crippen LogP contribution < -0.4 is 5.32 Å². The second-order valence-corrected chi connectivity index (χ2v) is 7.43. The van der Waals surface area contributed by atoms with E-state index in [9.17, 15) is 19.6 Å². The number of hydrogen-bond donors (Lipinski definition) is 2. The largest absolute Gasteiger partial charge is 0.385 e. The van der Waals surface area contributed by atoms with Gasteiger partial charge in [-0.1, -0.05) is 30.3 Å². The fourth-order valence-electron chi connectivity index (χ4n) is 3.46. The zero-order valence-corrected chi connectivity index (χ0v) is 16.7. The van der Waals surface area contributed by atoms with Crippen LogP contribution in [0.25, 0.3) is 16.7 Å². The third-order valence-electron chi connectivity index (χ3n) is 5.02. The molecule has 0 spiro atoms. The molecule has 4 rings (SSSR count). The van der Waals surface area contributed by atoms with Crippen molar-refractivity contribution in [3.8, 4) is 11.8 Å². The molecule has 154 valence electrons. The molecule has 0 aliphatic rings. The fourth-order valence-corrected chi connectivity index (χ4v) is 3.46. The Morgan fingerprint density at radius 3 is 2.55 bits per heavy atom. The molecule has 31 heavy (non-hydrogen) atoms. The standard InChI is InChI=1S/C24H19FN4O2/c1-24(31,17-5-3-2-4-6-17)14-22(30)28-23-27-20-12-7-16(15-26)13-21(20)29(23)19-10-8-18(25)9-11-19/h2-13,31H,14H2,1H3,(H,27,28,30)/t24-/m0/s1. The number of imidazole rings is 1. The second kappa shape index (κ2) is 8.01. The molecule has 3 aromatic carbocycles. The smallest absolute Gasteiger partial charge is 0.229 e. The Balaban J connectivity index is 1.71. The number of hydrogen-bond acceptors (Lipinski definition) is 4. The van der Waals surface area contributed by atoms with E-state index in [4.69, 9.17) is 0 Å². The lowest BCUT2D eigenvalue weighted by molar-refractivity contribution is -0.120. The van der Waals surface area contributed by atoms with Gasteiger partial charge in [-0.25, -0.2) is 9.37 Å². The molecule has 0 saturated carbocycles. The van der Waals surface area contributed by atoms with Gasteiger partial charge >= 0.3 is 0 Å². The van der Waals surface area contributed by atoms with Gasteiger partial charge in [0.05, 0.1) is 34.7 Å². The van der Waals surface area contributed by atoms with Gasteiger partial charge in [-0.05, 0) is 55.0 Å². The van der Waals surface area contributed by atoms with E-state index in [1.165, 1.54) is 12.1 Å². The SMILES string of the molecule is C[C@](O)(CC(=O)Nc1nc2ccc(C#N)cc2n1-c1ccc(F)cc1)c1ccccc1. The van der Waals surface area contributed by atoms with Crippen LogP contribution in [0.1, 0.15) is 24.5 Å². The molecule has 4 aromatic rings. The highest BCUT2D eigenvalue weighted by Gasteiger charge is 2.27. The Bertz CT molecular complexity index is 1290. The van der Waals surface area contributed by atoms with Gasteiger partial charge in [0.2, 0.25) is 11.9 Å². The lowest BCUT2D eigenvalue weighted by Crippen LogP contribution is -2.29. The van der Waals surface area contributed by atoms with Crippen molar-refractivity contribution in [1.29, 1.82) is 5.26 Å². The first kappa shape index (κ1) is 20.3. The van der Waals surface area contributed by atoms with Gasteiger partial charge in [0.1, 0.15) is 5.82 Å². The number of benzene rings is 3. The van der Waals surface area contributed by atoms with Crippen LogP contribution in [-0.2, 0) is 10.4 Å². The Kier molecular flexibility index (Phi) is 5.24. The molecule has 0 fully saturated rings. The molecule has 7 heteroatoms. The van der Waals surface area contributed by atoms with E-state index in [1.807, 2.05) is 6.07 Å². The summed E-state index contributed by atoms with van der Waals surface area (Å²) in [5.41, 5.74) is 1.41. The maximum atomic E-state index is 13.5. The summed E-state index contributed by atoms with van der Waals surface area (Å²) >= 11 is 0. The molecule has 1 heterocycles. The number of amides is 1. The van der Waals surface area contributed by atoms with Crippen molar-refractivity contribution in [2.75, 3.05) is 5.32 Å². The average molecular weight is 414 g/mol. The molecule has 0 radical (unpaired) electrons. The third kappa shape index (κ3) is 4.15. The number of nitrogens with one attached hydrogen (secondary N) is 1. The summed E-state index contributed by atoms with van der Waals surface area (Å²) in [4.78, 5) is 17.3. The van der Waals surface area contributed by atoms with E-state index in [1.54, 1.807) is 66.1 Å². The number of nitriles is 1. The summed E-state index contributed by atoms with van der Waals surface area (Å²) in [5.74, 6) is -0.617. The highest BCUT2D eigenvalue weighted by Crippen LogP contribution is 2.28. The predicted octanol–water partition coefficient (Wildman–Crippen LogP) is 4.27. The third-order valence-corrected chi connectivity index (χ3v) is 5.02. The van der Waals surface area contributed by atoms with Gasteiger partial charge in [0.15, 0.2) is 0 Å². The van der Waals surface area contributed by atoms with Gasteiger partial charge in [0, 0.05) is 5.69 Å². The van der Waals surface area contributed by atoms with Gasteiger partial charge < -0.3 is 5.11 Å².